The average Bonchev–Trinajstić information content (AvgIpc) is 2.25. The van der Waals surface area contributed by atoms with Crippen molar-refractivity contribution >= 4 is 16.0 Å². The predicted octanol–water partition coefficient (Wildman–Crippen LogP) is 0.340. The number of carbonyl (C=O) groups is 1. The van der Waals surface area contributed by atoms with Gasteiger partial charge in [-0.3, -0.25) is 0 Å². The Balaban J connectivity index is 3.29. The SMILES string of the molecule is COC(=O)c1nccnc1S(=O)(=O)NC(C)(C)C. The summed E-state index contributed by atoms with van der Waals surface area (Å²) in [4.78, 5) is 18.8. The number of carbonyl (C=O) groups excluding carboxylic acids is 1. The van der Waals surface area contributed by atoms with Gasteiger partial charge in [0.1, 0.15) is 0 Å². The van der Waals surface area contributed by atoms with Crippen LogP contribution in [0.4, 0.5) is 0 Å². The van der Waals surface area contributed by atoms with Gasteiger partial charge in [0.2, 0.25) is 5.03 Å². The molecule has 0 spiro atoms. The van der Waals surface area contributed by atoms with Crippen LogP contribution in [0.3, 0.4) is 0 Å². The van der Waals surface area contributed by atoms with E-state index in [2.05, 4.69) is 19.4 Å². The van der Waals surface area contributed by atoms with Gasteiger partial charge in [-0.1, -0.05) is 0 Å². The summed E-state index contributed by atoms with van der Waals surface area (Å²) in [6, 6.07) is 0. The van der Waals surface area contributed by atoms with Crippen molar-refractivity contribution in [2.75, 3.05) is 7.11 Å². The molecule has 0 atom stereocenters. The molecular formula is C10H15N3O4S. The number of hydrogen-bond acceptors (Lipinski definition) is 6. The third-order valence-electron chi connectivity index (χ3n) is 1.74. The fraction of sp³-hybridized carbons (Fsp3) is 0.500. The second-order valence-electron chi connectivity index (χ2n) is 4.56. The molecule has 8 heteroatoms. The monoisotopic (exact) mass is 273 g/mol. The van der Waals surface area contributed by atoms with Gasteiger partial charge in [-0.05, 0) is 20.8 Å². The summed E-state index contributed by atoms with van der Waals surface area (Å²) in [5.41, 5.74) is -1.03. The Hall–Kier alpha value is -1.54. The Morgan fingerprint density at radius 3 is 2.33 bits per heavy atom. The lowest BCUT2D eigenvalue weighted by atomic mass is 10.1. The van der Waals surface area contributed by atoms with E-state index >= 15 is 0 Å². The van der Waals surface area contributed by atoms with Crippen molar-refractivity contribution in [2.45, 2.75) is 31.3 Å². The molecule has 0 bridgehead atoms. The van der Waals surface area contributed by atoms with Gasteiger partial charge in [0.25, 0.3) is 10.0 Å². The van der Waals surface area contributed by atoms with E-state index in [-0.39, 0.29) is 5.69 Å². The zero-order valence-corrected chi connectivity index (χ0v) is 11.4. The summed E-state index contributed by atoms with van der Waals surface area (Å²) >= 11 is 0. The highest BCUT2D eigenvalue weighted by Crippen LogP contribution is 2.13. The Bertz CT molecular complexity index is 548. The van der Waals surface area contributed by atoms with Crippen LogP contribution in [-0.4, -0.2) is 37.0 Å². The molecule has 100 valence electrons. The molecule has 0 amide bonds. The third kappa shape index (κ3) is 3.47. The Labute approximate surface area is 106 Å². The number of hydrogen-bond donors (Lipinski definition) is 1. The van der Waals surface area contributed by atoms with Crippen molar-refractivity contribution in [3.8, 4) is 0 Å². The van der Waals surface area contributed by atoms with Crippen LogP contribution < -0.4 is 4.72 Å². The number of sulfonamides is 1. The summed E-state index contributed by atoms with van der Waals surface area (Å²) in [6.07, 6.45) is 2.42. The zero-order valence-electron chi connectivity index (χ0n) is 10.6. The van der Waals surface area contributed by atoms with Crippen LogP contribution in [0.1, 0.15) is 31.3 Å². The van der Waals surface area contributed by atoms with E-state index in [1.54, 1.807) is 20.8 Å². The number of methoxy groups -OCH3 is 1. The Morgan fingerprint density at radius 2 is 1.83 bits per heavy atom. The van der Waals surface area contributed by atoms with Crippen molar-refractivity contribution in [1.82, 2.24) is 14.7 Å². The summed E-state index contributed by atoms with van der Waals surface area (Å²) in [5.74, 6) is -0.850. The van der Waals surface area contributed by atoms with Crippen molar-refractivity contribution in [1.29, 1.82) is 0 Å². The maximum atomic E-state index is 12.1. The van der Waals surface area contributed by atoms with Crippen LogP contribution in [0, 0.1) is 0 Å². The van der Waals surface area contributed by atoms with Crippen molar-refractivity contribution in [3.63, 3.8) is 0 Å². The highest BCUT2D eigenvalue weighted by molar-refractivity contribution is 7.89. The largest absolute Gasteiger partial charge is 0.464 e. The molecule has 1 rings (SSSR count). The second-order valence-corrected chi connectivity index (χ2v) is 6.15. The van der Waals surface area contributed by atoms with E-state index in [4.69, 9.17) is 0 Å². The molecule has 0 aliphatic rings. The van der Waals surface area contributed by atoms with Crippen LogP contribution in [0.25, 0.3) is 0 Å². The molecule has 1 aromatic heterocycles. The van der Waals surface area contributed by atoms with E-state index in [9.17, 15) is 13.2 Å². The van der Waals surface area contributed by atoms with Crippen molar-refractivity contribution < 1.29 is 17.9 Å². The molecule has 0 fully saturated rings. The molecule has 1 N–H and O–H groups in total. The van der Waals surface area contributed by atoms with E-state index in [1.807, 2.05) is 0 Å². The van der Waals surface area contributed by atoms with Crippen molar-refractivity contribution in [2.24, 2.45) is 0 Å². The van der Waals surface area contributed by atoms with Crippen molar-refractivity contribution in [3.05, 3.63) is 18.1 Å². The highest BCUT2D eigenvalue weighted by atomic mass is 32.2. The summed E-state index contributed by atoms with van der Waals surface area (Å²) in [5, 5.41) is -0.438. The molecule has 0 aliphatic heterocycles. The molecule has 1 heterocycles. The Kier molecular flexibility index (Phi) is 4.02. The molecule has 0 aliphatic carbocycles. The minimum Gasteiger partial charge on any atom is -0.464 e. The number of rotatable bonds is 3. The lowest BCUT2D eigenvalue weighted by Crippen LogP contribution is -2.41. The zero-order chi connectivity index (χ0) is 14.0. The molecule has 0 unspecified atom stereocenters. The van der Waals surface area contributed by atoms with E-state index < -0.39 is 26.6 Å². The first-order chi connectivity index (χ1) is 8.17. The first-order valence-corrected chi connectivity index (χ1v) is 6.59. The van der Waals surface area contributed by atoms with E-state index in [0.717, 1.165) is 7.11 Å². The summed E-state index contributed by atoms with van der Waals surface area (Å²) in [7, 11) is -2.78. The van der Waals surface area contributed by atoms with Crippen LogP contribution in [-0.2, 0) is 14.8 Å². The summed E-state index contributed by atoms with van der Waals surface area (Å²) in [6.45, 7) is 5.04. The lowest BCUT2D eigenvalue weighted by Gasteiger charge is -2.20. The van der Waals surface area contributed by atoms with Gasteiger partial charge in [0.05, 0.1) is 7.11 Å². The molecule has 0 saturated heterocycles. The lowest BCUT2D eigenvalue weighted by molar-refractivity contribution is 0.0588. The molecule has 0 saturated carbocycles. The Morgan fingerprint density at radius 1 is 1.28 bits per heavy atom. The normalized spacial score (nSPS) is 12.2. The number of aromatic nitrogens is 2. The molecule has 18 heavy (non-hydrogen) atoms. The maximum Gasteiger partial charge on any atom is 0.359 e. The van der Waals surface area contributed by atoms with E-state index in [0.29, 0.717) is 0 Å². The number of esters is 1. The van der Waals surface area contributed by atoms with Gasteiger partial charge in [-0.25, -0.2) is 27.9 Å². The fourth-order valence-electron chi connectivity index (χ4n) is 1.21. The number of nitrogens with one attached hydrogen (secondary N) is 1. The van der Waals surface area contributed by atoms with Gasteiger partial charge in [0, 0.05) is 17.9 Å². The molecular weight excluding hydrogens is 258 g/mol. The quantitative estimate of drug-likeness (QED) is 0.797. The molecule has 0 aromatic carbocycles. The minimum absolute atomic E-state index is 0.336. The standard InChI is InChI=1S/C10H15N3O4S/c1-10(2,3)13-18(15,16)8-7(9(14)17-4)11-5-6-12-8/h5-6,13H,1-4H3. The van der Waals surface area contributed by atoms with Gasteiger partial charge in [-0.15, -0.1) is 0 Å². The fourth-order valence-corrected chi connectivity index (χ4v) is 2.70. The van der Waals surface area contributed by atoms with E-state index in [1.165, 1.54) is 12.4 Å². The van der Waals surface area contributed by atoms with Gasteiger partial charge < -0.3 is 4.74 Å². The first kappa shape index (κ1) is 14.5. The topological polar surface area (TPSA) is 98.2 Å². The smallest absolute Gasteiger partial charge is 0.359 e. The highest BCUT2D eigenvalue weighted by Gasteiger charge is 2.29. The van der Waals surface area contributed by atoms with Gasteiger partial charge in [0.15, 0.2) is 5.69 Å². The van der Waals surface area contributed by atoms with Crippen LogP contribution in [0.5, 0.6) is 0 Å². The predicted molar refractivity (Wildman–Crippen MR) is 63.4 cm³/mol. The summed E-state index contributed by atoms with van der Waals surface area (Å²) < 4.78 is 31.0. The van der Waals surface area contributed by atoms with Crippen LogP contribution in [0.15, 0.2) is 17.4 Å². The third-order valence-corrected chi connectivity index (χ3v) is 3.43. The van der Waals surface area contributed by atoms with Gasteiger partial charge >= 0.3 is 5.97 Å². The molecule has 7 nitrogen and oxygen atoms in total. The molecule has 0 radical (unpaired) electrons. The second kappa shape index (κ2) is 4.99. The van der Waals surface area contributed by atoms with Gasteiger partial charge in [-0.2, -0.15) is 0 Å². The minimum atomic E-state index is -3.93. The molecule has 1 aromatic rings. The maximum absolute atomic E-state index is 12.1. The number of ether oxygens (including phenoxy) is 1. The number of nitrogens with zero attached hydrogens (tertiary/aromatic N) is 2. The average molecular weight is 273 g/mol. The first-order valence-electron chi connectivity index (χ1n) is 5.11. The van der Waals surface area contributed by atoms with Crippen LogP contribution >= 0.6 is 0 Å². The van der Waals surface area contributed by atoms with Crippen LogP contribution in [0.2, 0.25) is 0 Å².